The van der Waals surface area contributed by atoms with E-state index >= 15 is 0 Å². The monoisotopic (exact) mass is 377 g/mol. The van der Waals surface area contributed by atoms with Crippen molar-refractivity contribution in [2.75, 3.05) is 12.3 Å². The van der Waals surface area contributed by atoms with E-state index in [1.54, 1.807) is 12.1 Å². The third-order valence-electron chi connectivity index (χ3n) is 2.47. The molecular formula is C13H17Br2NO2. The lowest BCUT2D eigenvalue weighted by molar-refractivity contribution is 0.0496. The number of ether oxygens (including phenoxy) is 1. The number of nitrogens with two attached hydrogens (primary N) is 1. The van der Waals surface area contributed by atoms with E-state index in [9.17, 15) is 4.79 Å². The Balaban J connectivity index is 2.62. The molecule has 3 nitrogen and oxygen atoms in total. The van der Waals surface area contributed by atoms with Gasteiger partial charge < -0.3 is 10.5 Å². The van der Waals surface area contributed by atoms with Gasteiger partial charge in [0.05, 0.1) is 17.9 Å². The first-order valence-corrected chi connectivity index (χ1v) is 7.42. The van der Waals surface area contributed by atoms with Gasteiger partial charge in [-0.3, -0.25) is 0 Å². The maximum atomic E-state index is 11.9. The van der Waals surface area contributed by atoms with Crippen LogP contribution in [-0.2, 0) is 4.74 Å². The average molecular weight is 379 g/mol. The summed E-state index contributed by atoms with van der Waals surface area (Å²) in [7, 11) is 0. The average Bonchev–Trinajstić information content (AvgIpc) is 2.28. The molecule has 1 aromatic rings. The Morgan fingerprint density at radius 3 is 2.67 bits per heavy atom. The molecule has 0 unspecified atom stereocenters. The lowest BCUT2D eigenvalue weighted by Gasteiger charge is -2.09. The number of hydrogen-bond donors (Lipinski definition) is 1. The molecule has 0 aromatic heterocycles. The maximum Gasteiger partial charge on any atom is 0.340 e. The van der Waals surface area contributed by atoms with E-state index in [1.165, 1.54) is 0 Å². The van der Waals surface area contributed by atoms with Crippen LogP contribution in [0.15, 0.2) is 21.1 Å². The maximum absolute atomic E-state index is 11.9. The fraction of sp³-hybridized carbons (Fsp3) is 0.462. The summed E-state index contributed by atoms with van der Waals surface area (Å²) >= 11 is 6.63. The van der Waals surface area contributed by atoms with Gasteiger partial charge in [0.2, 0.25) is 0 Å². The highest BCUT2D eigenvalue weighted by Gasteiger charge is 2.14. The molecule has 0 saturated heterocycles. The summed E-state index contributed by atoms with van der Waals surface area (Å²) < 4.78 is 6.68. The van der Waals surface area contributed by atoms with Gasteiger partial charge in [-0.2, -0.15) is 0 Å². The molecular weight excluding hydrogens is 362 g/mol. The number of hydrogen-bond acceptors (Lipinski definition) is 3. The Hall–Kier alpha value is -0.550. The summed E-state index contributed by atoms with van der Waals surface area (Å²) in [5.41, 5.74) is 6.64. The molecule has 1 aromatic carbocycles. The molecule has 2 N–H and O–H groups in total. The standard InChI is InChI=1S/C13H17Br2NO2/c1-8(2)4-3-5-18-13(17)10-6-9(14)7-11(15)12(10)16/h6-8H,3-5,16H2,1-2H3. The molecule has 0 saturated carbocycles. The fourth-order valence-electron chi connectivity index (χ4n) is 1.49. The summed E-state index contributed by atoms with van der Waals surface area (Å²) in [6.07, 6.45) is 1.92. The van der Waals surface area contributed by atoms with Gasteiger partial charge in [0.15, 0.2) is 0 Å². The molecule has 0 heterocycles. The minimum Gasteiger partial charge on any atom is -0.462 e. The van der Waals surface area contributed by atoms with E-state index in [0.717, 1.165) is 17.3 Å². The second-order valence-electron chi connectivity index (χ2n) is 4.52. The quantitative estimate of drug-likeness (QED) is 0.469. The van der Waals surface area contributed by atoms with Crippen molar-refractivity contribution < 1.29 is 9.53 Å². The first-order valence-electron chi connectivity index (χ1n) is 5.83. The molecule has 0 bridgehead atoms. The van der Waals surface area contributed by atoms with Gasteiger partial charge in [-0.15, -0.1) is 0 Å². The van der Waals surface area contributed by atoms with Gasteiger partial charge in [0, 0.05) is 8.95 Å². The van der Waals surface area contributed by atoms with E-state index in [2.05, 4.69) is 45.7 Å². The number of carbonyl (C=O) groups is 1. The van der Waals surface area contributed by atoms with Gasteiger partial charge in [0.25, 0.3) is 0 Å². The minimum atomic E-state index is -0.377. The summed E-state index contributed by atoms with van der Waals surface area (Å²) in [6, 6.07) is 3.47. The van der Waals surface area contributed by atoms with Crippen molar-refractivity contribution in [3.63, 3.8) is 0 Å². The molecule has 0 amide bonds. The lowest BCUT2D eigenvalue weighted by atomic mass is 10.1. The number of rotatable bonds is 5. The zero-order valence-corrected chi connectivity index (χ0v) is 13.7. The molecule has 0 aliphatic heterocycles. The zero-order valence-electron chi connectivity index (χ0n) is 10.5. The highest BCUT2D eigenvalue weighted by molar-refractivity contribution is 9.11. The number of nitrogen functional groups attached to an aromatic ring is 1. The number of esters is 1. The molecule has 5 heteroatoms. The SMILES string of the molecule is CC(C)CCCOC(=O)c1cc(Br)cc(Br)c1N. The molecule has 0 aliphatic carbocycles. The Morgan fingerprint density at radius 2 is 2.06 bits per heavy atom. The van der Waals surface area contributed by atoms with Gasteiger partial charge in [-0.05, 0) is 46.8 Å². The second kappa shape index (κ2) is 7.14. The molecule has 0 aliphatic rings. The normalized spacial score (nSPS) is 10.7. The van der Waals surface area contributed by atoms with Crippen LogP contribution in [0.3, 0.4) is 0 Å². The molecule has 100 valence electrons. The smallest absolute Gasteiger partial charge is 0.340 e. The molecule has 0 atom stereocenters. The molecule has 0 fully saturated rings. The predicted octanol–water partition coefficient (Wildman–Crippen LogP) is 4.39. The first-order chi connectivity index (χ1) is 8.41. The Bertz CT molecular complexity index is 433. The van der Waals surface area contributed by atoms with Crippen LogP contribution >= 0.6 is 31.9 Å². The van der Waals surface area contributed by atoms with E-state index in [0.29, 0.717) is 28.2 Å². The van der Waals surface area contributed by atoms with E-state index in [4.69, 9.17) is 10.5 Å². The molecule has 1 rings (SSSR count). The van der Waals surface area contributed by atoms with Crippen molar-refractivity contribution >= 4 is 43.5 Å². The van der Waals surface area contributed by atoms with Crippen LogP contribution in [0.4, 0.5) is 5.69 Å². The second-order valence-corrected chi connectivity index (χ2v) is 6.29. The summed E-state index contributed by atoms with van der Waals surface area (Å²) in [4.78, 5) is 11.9. The van der Waals surface area contributed by atoms with Crippen LogP contribution in [0.25, 0.3) is 0 Å². The van der Waals surface area contributed by atoms with E-state index < -0.39 is 0 Å². The Labute approximate surface area is 124 Å². The molecule has 0 spiro atoms. The zero-order chi connectivity index (χ0) is 13.7. The fourth-order valence-corrected chi connectivity index (χ4v) is 2.71. The van der Waals surface area contributed by atoms with Crippen LogP contribution in [0.5, 0.6) is 0 Å². The predicted molar refractivity (Wildman–Crippen MR) is 80.6 cm³/mol. The summed E-state index contributed by atoms with van der Waals surface area (Å²) in [5, 5.41) is 0. The number of anilines is 1. The van der Waals surface area contributed by atoms with Crippen LogP contribution < -0.4 is 5.73 Å². The van der Waals surface area contributed by atoms with Gasteiger partial charge >= 0.3 is 5.97 Å². The number of carbonyl (C=O) groups excluding carboxylic acids is 1. The van der Waals surface area contributed by atoms with Crippen molar-refractivity contribution in [1.82, 2.24) is 0 Å². The van der Waals surface area contributed by atoms with E-state index in [1.807, 2.05) is 0 Å². The van der Waals surface area contributed by atoms with Crippen molar-refractivity contribution in [2.45, 2.75) is 26.7 Å². The lowest BCUT2D eigenvalue weighted by Crippen LogP contribution is -2.10. The largest absolute Gasteiger partial charge is 0.462 e. The van der Waals surface area contributed by atoms with Crippen LogP contribution in [0.1, 0.15) is 37.0 Å². The van der Waals surface area contributed by atoms with Crippen LogP contribution in [-0.4, -0.2) is 12.6 Å². The van der Waals surface area contributed by atoms with Crippen molar-refractivity contribution in [3.8, 4) is 0 Å². The van der Waals surface area contributed by atoms with Crippen LogP contribution in [0, 0.1) is 5.92 Å². The Morgan fingerprint density at radius 1 is 1.39 bits per heavy atom. The topological polar surface area (TPSA) is 52.3 Å². The molecule has 18 heavy (non-hydrogen) atoms. The highest BCUT2D eigenvalue weighted by atomic mass is 79.9. The third kappa shape index (κ3) is 4.61. The minimum absolute atomic E-state index is 0.377. The van der Waals surface area contributed by atoms with Gasteiger partial charge in [0.1, 0.15) is 0 Å². The third-order valence-corrected chi connectivity index (χ3v) is 3.59. The number of benzene rings is 1. The first kappa shape index (κ1) is 15.5. The van der Waals surface area contributed by atoms with Crippen molar-refractivity contribution in [2.24, 2.45) is 5.92 Å². The van der Waals surface area contributed by atoms with Gasteiger partial charge in [-0.1, -0.05) is 29.8 Å². The van der Waals surface area contributed by atoms with Crippen LogP contribution in [0.2, 0.25) is 0 Å². The summed E-state index contributed by atoms with van der Waals surface area (Å²) in [6.45, 7) is 4.72. The van der Waals surface area contributed by atoms with Gasteiger partial charge in [-0.25, -0.2) is 4.79 Å². The van der Waals surface area contributed by atoms with Crippen molar-refractivity contribution in [3.05, 3.63) is 26.6 Å². The van der Waals surface area contributed by atoms with E-state index in [-0.39, 0.29) is 5.97 Å². The summed E-state index contributed by atoms with van der Waals surface area (Å²) in [5.74, 6) is 0.243. The number of halogens is 2. The Kier molecular flexibility index (Phi) is 6.15. The molecule has 0 radical (unpaired) electrons. The highest BCUT2D eigenvalue weighted by Crippen LogP contribution is 2.28. The van der Waals surface area contributed by atoms with Crippen molar-refractivity contribution in [1.29, 1.82) is 0 Å².